The Bertz CT molecular complexity index is 594. The summed E-state index contributed by atoms with van der Waals surface area (Å²) in [6, 6.07) is 4.72. The standard InChI is InChI=1S/C12H14N4O3/c1-16-6-9(14-15-16)7-19-12(17)8-3-4-11(18-2)10(13)5-8/h3-6H,7,13H2,1-2H3. The summed E-state index contributed by atoms with van der Waals surface area (Å²) in [5.41, 5.74) is 7.05. The van der Waals surface area contributed by atoms with Gasteiger partial charge in [-0.3, -0.25) is 4.68 Å². The number of anilines is 1. The van der Waals surface area contributed by atoms with Crippen molar-refractivity contribution in [2.24, 2.45) is 7.05 Å². The largest absolute Gasteiger partial charge is 0.495 e. The minimum atomic E-state index is -0.472. The highest BCUT2D eigenvalue weighted by Crippen LogP contribution is 2.22. The van der Waals surface area contributed by atoms with Crippen LogP contribution in [0.1, 0.15) is 16.1 Å². The van der Waals surface area contributed by atoms with Crippen molar-refractivity contribution in [3.63, 3.8) is 0 Å². The number of methoxy groups -OCH3 is 1. The molecular formula is C12H14N4O3. The molecule has 0 unspecified atom stereocenters. The predicted molar refractivity (Wildman–Crippen MR) is 67.5 cm³/mol. The molecule has 7 heteroatoms. The molecule has 1 aromatic heterocycles. The molecule has 2 aromatic rings. The molecule has 19 heavy (non-hydrogen) atoms. The molecule has 0 aliphatic carbocycles. The summed E-state index contributed by atoms with van der Waals surface area (Å²) in [5, 5.41) is 7.56. The number of carbonyl (C=O) groups excluding carboxylic acids is 1. The quantitative estimate of drug-likeness (QED) is 0.646. The van der Waals surface area contributed by atoms with Crippen LogP contribution in [-0.4, -0.2) is 28.1 Å². The second kappa shape index (κ2) is 5.38. The van der Waals surface area contributed by atoms with Crippen LogP contribution in [0, 0.1) is 0 Å². The summed E-state index contributed by atoms with van der Waals surface area (Å²) in [4.78, 5) is 11.8. The molecule has 0 spiro atoms. The minimum Gasteiger partial charge on any atom is -0.495 e. The Labute approximate surface area is 109 Å². The van der Waals surface area contributed by atoms with Gasteiger partial charge in [0.25, 0.3) is 0 Å². The highest BCUT2D eigenvalue weighted by atomic mass is 16.5. The molecule has 0 bridgehead atoms. The van der Waals surface area contributed by atoms with E-state index in [9.17, 15) is 4.79 Å². The summed E-state index contributed by atoms with van der Waals surface area (Å²) < 4.78 is 11.7. The highest BCUT2D eigenvalue weighted by Gasteiger charge is 2.11. The first-order chi connectivity index (χ1) is 9.10. The van der Waals surface area contributed by atoms with E-state index in [1.807, 2.05) is 0 Å². The number of esters is 1. The van der Waals surface area contributed by atoms with Gasteiger partial charge < -0.3 is 15.2 Å². The summed E-state index contributed by atoms with van der Waals surface area (Å²) in [5.74, 6) is 0.0467. The molecular weight excluding hydrogens is 248 g/mol. The van der Waals surface area contributed by atoms with Crippen LogP contribution in [0.4, 0.5) is 5.69 Å². The van der Waals surface area contributed by atoms with Gasteiger partial charge in [-0.2, -0.15) is 0 Å². The number of nitrogens with zero attached hydrogens (tertiary/aromatic N) is 3. The van der Waals surface area contributed by atoms with Gasteiger partial charge in [0.2, 0.25) is 0 Å². The van der Waals surface area contributed by atoms with Gasteiger partial charge in [-0.15, -0.1) is 5.10 Å². The maximum atomic E-state index is 11.8. The molecule has 2 rings (SSSR count). The Morgan fingerprint density at radius 1 is 1.47 bits per heavy atom. The topological polar surface area (TPSA) is 92.3 Å². The van der Waals surface area contributed by atoms with Crippen molar-refractivity contribution in [1.82, 2.24) is 15.0 Å². The normalized spacial score (nSPS) is 10.2. The van der Waals surface area contributed by atoms with Crippen molar-refractivity contribution >= 4 is 11.7 Å². The number of carbonyl (C=O) groups is 1. The first-order valence-electron chi connectivity index (χ1n) is 5.56. The van der Waals surface area contributed by atoms with E-state index in [2.05, 4.69) is 10.3 Å². The number of aryl methyl sites for hydroxylation is 1. The molecule has 1 heterocycles. The van der Waals surface area contributed by atoms with E-state index in [4.69, 9.17) is 15.2 Å². The van der Waals surface area contributed by atoms with Crippen molar-refractivity contribution in [2.75, 3.05) is 12.8 Å². The van der Waals surface area contributed by atoms with Gasteiger partial charge in [-0.25, -0.2) is 4.79 Å². The Morgan fingerprint density at radius 3 is 2.84 bits per heavy atom. The van der Waals surface area contributed by atoms with Gasteiger partial charge in [-0.1, -0.05) is 5.21 Å². The molecule has 0 saturated carbocycles. The highest BCUT2D eigenvalue weighted by molar-refractivity contribution is 5.91. The van der Waals surface area contributed by atoms with Crippen molar-refractivity contribution in [1.29, 1.82) is 0 Å². The second-order valence-electron chi connectivity index (χ2n) is 3.92. The Balaban J connectivity index is 2.01. The lowest BCUT2D eigenvalue weighted by atomic mass is 10.2. The van der Waals surface area contributed by atoms with Crippen LogP contribution < -0.4 is 10.5 Å². The van der Waals surface area contributed by atoms with E-state index >= 15 is 0 Å². The van der Waals surface area contributed by atoms with Crippen molar-refractivity contribution < 1.29 is 14.3 Å². The van der Waals surface area contributed by atoms with E-state index in [1.165, 1.54) is 17.9 Å². The Morgan fingerprint density at radius 2 is 2.26 bits per heavy atom. The van der Waals surface area contributed by atoms with Crippen molar-refractivity contribution in [2.45, 2.75) is 6.61 Å². The van der Waals surface area contributed by atoms with Crippen LogP contribution in [0.3, 0.4) is 0 Å². The van der Waals surface area contributed by atoms with Crippen molar-refractivity contribution in [3.8, 4) is 5.75 Å². The maximum Gasteiger partial charge on any atom is 0.338 e. The molecule has 0 amide bonds. The SMILES string of the molecule is COc1ccc(C(=O)OCc2cn(C)nn2)cc1N. The summed E-state index contributed by atoms with van der Waals surface area (Å²) in [7, 11) is 3.25. The fourth-order valence-corrected chi connectivity index (χ4v) is 1.55. The number of rotatable bonds is 4. The Hall–Kier alpha value is -2.57. The molecule has 7 nitrogen and oxygen atoms in total. The average molecular weight is 262 g/mol. The molecule has 0 fully saturated rings. The summed E-state index contributed by atoms with van der Waals surface area (Å²) in [6.45, 7) is 0.0681. The number of hydrogen-bond acceptors (Lipinski definition) is 6. The zero-order valence-corrected chi connectivity index (χ0v) is 10.7. The van der Waals surface area contributed by atoms with Gasteiger partial charge in [0.15, 0.2) is 0 Å². The van der Waals surface area contributed by atoms with E-state index in [-0.39, 0.29) is 6.61 Å². The lowest BCUT2D eigenvalue weighted by Gasteiger charge is -2.06. The number of ether oxygens (including phenoxy) is 2. The van der Waals surface area contributed by atoms with Gasteiger partial charge in [0, 0.05) is 7.05 Å². The number of nitrogens with two attached hydrogens (primary N) is 1. The van der Waals surface area contributed by atoms with Crippen LogP contribution in [-0.2, 0) is 18.4 Å². The third-order valence-corrected chi connectivity index (χ3v) is 2.47. The number of nitrogen functional groups attached to an aromatic ring is 1. The third kappa shape index (κ3) is 3.01. The second-order valence-corrected chi connectivity index (χ2v) is 3.92. The smallest absolute Gasteiger partial charge is 0.338 e. The van der Waals surface area contributed by atoms with Crippen LogP contribution in [0.5, 0.6) is 5.75 Å². The fraction of sp³-hybridized carbons (Fsp3) is 0.250. The molecule has 0 radical (unpaired) electrons. The molecule has 2 N–H and O–H groups in total. The van der Waals surface area contributed by atoms with Crippen LogP contribution in [0.25, 0.3) is 0 Å². The zero-order valence-electron chi connectivity index (χ0n) is 10.7. The van der Waals surface area contributed by atoms with E-state index < -0.39 is 5.97 Å². The van der Waals surface area contributed by atoms with E-state index in [0.29, 0.717) is 22.7 Å². The molecule has 0 aliphatic rings. The molecule has 0 saturated heterocycles. The monoisotopic (exact) mass is 262 g/mol. The number of aromatic nitrogens is 3. The summed E-state index contributed by atoms with van der Waals surface area (Å²) >= 11 is 0. The van der Waals surface area contributed by atoms with Crippen molar-refractivity contribution in [3.05, 3.63) is 35.7 Å². The third-order valence-electron chi connectivity index (χ3n) is 2.47. The molecule has 0 atom stereocenters. The van der Waals surface area contributed by atoms with Crippen LogP contribution in [0.2, 0.25) is 0 Å². The summed E-state index contributed by atoms with van der Waals surface area (Å²) in [6.07, 6.45) is 1.68. The lowest BCUT2D eigenvalue weighted by molar-refractivity contribution is 0.0467. The first-order valence-corrected chi connectivity index (χ1v) is 5.56. The zero-order chi connectivity index (χ0) is 13.8. The van der Waals surface area contributed by atoms with Gasteiger partial charge in [0.1, 0.15) is 18.1 Å². The number of hydrogen-bond donors (Lipinski definition) is 1. The maximum absolute atomic E-state index is 11.8. The first kappa shape index (κ1) is 12.9. The van der Waals surface area contributed by atoms with Gasteiger partial charge in [-0.05, 0) is 18.2 Å². The number of benzene rings is 1. The average Bonchev–Trinajstić information content (AvgIpc) is 2.81. The molecule has 1 aromatic carbocycles. The van der Waals surface area contributed by atoms with E-state index in [1.54, 1.807) is 25.4 Å². The lowest BCUT2D eigenvalue weighted by Crippen LogP contribution is -2.06. The Kier molecular flexibility index (Phi) is 3.65. The van der Waals surface area contributed by atoms with E-state index in [0.717, 1.165) is 0 Å². The molecule has 0 aliphatic heterocycles. The fourth-order valence-electron chi connectivity index (χ4n) is 1.55. The van der Waals surface area contributed by atoms with Crippen LogP contribution in [0.15, 0.2) is 24.4 Å². The molecule has 100 valence electrons. The minimum absolute atomic E-state index is 0.0681. The van der Waals surface area contributed by atoms with Crippen LogP contribution >= 0.6 is 0 Å². The predicted octanol–water partition coefficient (Wildman–Crippen LogP) is 0.763. The van der Waals surface area contributed by atoms with Gasteiger partial charge in [0.05, 0.1) is 24.6 Å². The van der Waals surface area contributed by atoms with Gasteiger partial charge >= 0.3 is 5.97 Å².